The molecule has 0 amide bonds. The van der Waals surface area contributed by atoms with E-state index in [9.17, 15) is 4.79 Å². The Kier molecular flexibility index (Phi) is 5.44. The van der Waals surface area contributed by atoms with Crippen LogP contribution in [0.15, 0.2) is 84.1 Å². The van der Waals surface area contributed by atoms with Crippen LogP contribution in [0.4, 0.5) is 11.4 Å². The summed E-state index contributed by atoms with van der Waals surface area (Å²) >= 11 is 0. The first kappa shape index (κ1) is 20.4. The van der Waals surface area contributed by atoms with Crippen LogP contribution < -0.4 is 15.4 Å². The molecule has 3 aromatic rings. The Labute approximate surface area is 189 Å². The summed E-state index contributed by atoms with van der Waals surface area (Å²) in [6.45, 7) is 4.65. The van der Waals surface area contributed by atoms with Crippen LogP contribution in [-0.2, 0) is 4.79 Å². The number of rotatable bonds is 4. The summed E-state index contributed by atoms with van der Waals surface area (Å²) in [5.41, 5.74) is 7.23. The van der Waals surface area contributed by atoms with Crippen LogP contribution in [0, 0.1) is 6.92 Å². The Morgan fingerprint density at radius 3 is 2.41 bits per heavy atom. The lowest BCUT2D eigenvalue weighted by Crippen LogP contribution is -2.27. The Hall–Kier alpha value is -3.53. The number of hydrogen-bond donors (Lipinski definition) is 2. The zero-order chi connectivity index (χ0) is 22.1. The molecule has 0 radical (unpaired) electrons. The van der Waals surface area contributed by atoms with E-state index in [1.54, 1.807) is 0 Å². The fourth-order valence-corrected chi connectivity index (χ4v) is 4.81. The number of aryl methyl sites for hydroxylation is 1. The Bertz CT molecular complexity index is 1180. The number of ether oxygens (including phenoxy) is 1. The number of carbonyl (C=O) groups excluding carboxylic acids is 1. The molecule has 4 nitrogen and oxygen atoms in total. The van der Waals surface area contributed by atoms with Crippen molar-refractivity contribution in [3.8, 4) is 5.75 Å². The van der Waals surface area contributed by atoms with Crippen LogP contribution in [0.5, 0.6) is 5.75 Å². The van der Waals surface area contributed by atoms with Gasteiger partial charge < -0.3 is 15.4 Å². The van der Waals surface area contributed by atoms with Crippen molar-refractivity contribution in [2.24, 2.45) is 0 Å². The number of carbonyl (C=O) groups is 1. The summed E-state index contributed by atoms with van der Waals surface area (Å²) in [6.07, 6.45) is 1.31. The van der Waals surface area contributed by atoms with Gasteiger partial charge in [0.2, 0.25) is 0 Å². The molecule has 32 heavy (non-hydrogen) atoms. The third kappa shape index (κ3) is 3.77. The number of anilines is 2. The van der Waals surface area contributed by atoms with Crippen LogP contribution in [-0.4, -0.2) is 12.4 Å². The van der Waals surface area contributed by atoms with Gasteiger partial charge in [0, 0.05) is 23.3 Å². The van der Waals surface area contributed by atoms with E-state index in [0.29, 0.717) is 13.0 Å². The number of benzene rings is 3. The summed E-state index contributed by atoms with van der Waals surface area (Å²) in [7, 11) is 0. The molecule has 2 aliphatic rings. The van der Waals surface area contributed by atoms with Gasteiger partial charge in [-0.05, 0) is 49.9 Å². The predicted molar refractivity (Wildman–Crippen MR) is 129 cm³/mol. The topological polar surface area (TPSA) is 50.4 Å². The van der Waals surface area contributed by atoms with E-state index in [-0.39, 0.29) is 17.7 Å². The number of fused-ring (bicyclic) bond motifs is 1. The maximum absolute atomic E-state index is 13.7. The highest BCUT2D eigenvalue weighted by Crippen LogP contribution is 2.45. The van der Waals surface area contributed by atoms with Gasteiger partial charge in [0.05, 0.1) is 24.0 Å². The zero-order valence-corrected chi connectivity index (χ0v) is 18.5. The molecule has 1 aliphatic carbocycles. The molecule has 0 saturated carbocycles. The van der Waals surface area contributed by atoms with Crippen LogP contribution >= 0.6 is 0 Å². The molecular weight excluding hydrogens is 396 g/mol. The van der Waals surface area contributed by atoms with Gasteiger partial charge in [0.25, 0.3) is 0 Å². The number of hydrogen-bond acceptors (Lipinski definition) is 4. The molecule has 4 heteroatoms. The zero-order valence-electron chi connectivity index (χ0n) is 18.5. The minimum Gasteiger partial charge on any atom is -0.494 e. The highest BCUT2D eigenvalue weighted by molar-refractivity contribution is 6.01. The molecule has 3 aromatic carbocycles. The number of para-hydroxylation sites is 3. The molecule has 0 bridgehead atoms. The second kappa shape index (κ2) is 8.54. The van der Waals surface area contributed by atoms with Crippen LogP contribution in [0.3, 0.4) is 0 Å². The van der Waals surface area contributed by atoms with E-state index in [4.69, 9.17) is 4.74 Å². The third-order valence-corrected chi connectivity index (χ3v) is 6.39. The standard InChI is InChI=1S/C28H28N2O2/c1-3-32-26-11-7-4-8-21(26)28-27-24(29-22-9-5-6-10-23(22)30-28)16-20(17-25(27)31)19-14-12-18(2)13-15-19/h4-15,20,28-30H,3,16-17H2,1-2H3. The second-order valence-electron chi connectivity index (χ2n) is 8.55. The Morgan fingerprint density at radius 2 is 1.62 bits per heavy atom. The van der Waals surface area contributed by atoms with Crippen molar-refractivity contribution in [3.63, 3.8) is 0 Å². The molecule has 5 rings (SSSR count). The van der Waals surface area contributed by atoms with Crippen molar-refractivity contribution in [1.82, 2.24) is 0 Å². The first-order valence-corrected chi connectivity index (χ1v) is 11.3. The van der Waals surface area contributed by atoms with Gasteiger partial charge >= 0.3 is 0 Å². The number of nitrogens with one attached hydrogen (secondary N) is 2. The van der Waals surface area contributed by atoms with Crippen molar-refractivity contribution in [2.45, 2.75) is 38.6 Å². The highest BCUT2D eigenvalue weighted by Gasteiger charge is 2.36. The van der Waals surface area contributed by atoms with Crippen molar-refractivity contribution in [2.75, 3.05) is 17.2 Å². The molecule has 0 saturated heterocycles. The molecule has 1 aliphatic heterocycles. The quantitative estimate of drug-likeness (QED) is 0.511. The van der Waals surface area contributed by atoms with Crippen molar-refractivity contribution in [3.05, 3.63) is 101 Å². The van der Waals surface area contributed by atoms with Crippen LogP contribution in [0.25, 0.3) is 0 Å². The van der Waals surface area contributed by atoms with Gasteiger partial charge in [-0.3, -0.25) is 4.79 Å². The summed E-state index contributed by atoms with van der Waals surface area (Å²) in [6, 6.07) is 24.5. The summed E-state index contributed by atoms with van der Waals surface area (Å²) < 4.78 is 5.94. The minimum atomic E-state index is -0.268. The monoisotopic (exact) mass is 424 g/mol. The SMILES string of the molecule is CCOc1ccccc1C1Nc2ccccc2NC2=C1C(=O)CC(c1ccc(C)cc1)C2. The second-order valence-corrected chi connectivity index (χ2v) is 8.55. The minimum absolute atomic E-state index is 0.169. The van der Waals surface area contributed by atoms with E-state index >= 15 is 0 Å². The highest BCUT2D eigenvalue weighted by atomic mass is 16.5. The summed E-state index contributed by atoms with van der Waals surface area (Å²) in [4.78, 5) is 13.7. The maximum atomic E-state index is 13.7. The van der Waals surface area contributed by atoms with Gasteiger partial charge in [-0.25, -0.2) is 0 Å². The summed E-state index contributed by atoms with van der Waals surface area (Å²) in [5.74, 6) is 1.16. The van der Waals surface area contributed by atoms with E-state index in [1.807, 2.05) is 37.3 Å². The molecule has 0 aromatic heterocycles. The third-order valence-electron chi connectivity index (χ3n) is 6.39. The first-order chi connectivity index (χ1) is 15.6. The van der Waals surface area contributed by atoms with Crippen molar-refractivity contribution in [1.29, 1.82) is 0 Å². The summed E-state index contributed by atoms with van der Waals surface area (Å²) in [5, 5.41) is 7.25. The molecular formula is C28H28N2O2. The van der Waals surface area contributed by atoms with Crippen LogP contribution in [0.1, 0.15) is 48.4 Å². The Morgan fingerprint density at radius 1 is 0.906 bits per heavy atom. The fraction of sp³-hybridized carbons (Fsp3) is 0.250. The van der Waals surface area contributed by atoms with E-state index in [0.717, 1.165) is 40.4 Å². The molecule has 2 N–H and O–H groups in total. The molecule has 162 valence electrons. The maximum Gasteiger partial charge on any atom is 0.163 e. The molecule has 2 atom stereocenters. The predicted octanol–water partition coefficient (Wildman–Crippen LogP) is 6.37. The molecule has 0 fully saturated rings. The van der Waals surface area contributed by atoms with E-state index < -0.39 is 0 Å². The lowest BCUT2D eigenvalue weighted by Gasteiger charge is -2.30. The van der Waals surface area contributed by atoms with Gasteiger partial charge in [-0.2, -0.15) is 0 Å². The number of ketones is 1. The number of allylic oxidation sites excluding steroid dienone is 1. The van der Waals surface area contributed by atoms with Crippen molar-refractivity contribution >= 4 is 17.2 Å². The Balaban J connectivity index is 1.62. The first-order valence-electron chi connectivity index (χ1n) is 11.3. The van der Waals surface area contributed by atoms with E-state index in [2.05, 4.69) is 60.0 Å². The van der Waals surface area contributed by atoms with Gasteiger partial charge in [-0.15, -0.1) is 0 Å². The van der Waals surface area contributed by atoms with Gasteiger partial charge in [0.1, 0.15) is 5.75 Å². The van der Waals surface area contributed by atoms with Gasteiger partial charge in [0.15, 0.2) is 5.78 Å². The average Bonchev–Trinajstić information content (AvgIpc) is 2.97. The molecule has 0 spiro atoms. The fourth-order valence-electron chi connectivity index (χ4n) is 4.81. The lowest BCUT2D eigenvalue weighted by atomic mass is 9.78. The van der Waals surface area contributed by atoms with E-state index in [1.165, 1.54) is 11.1 Å². The molecule has 2 unspecified atom stereocenters. The average molecular weight is 425 g/mol. The normalized spacial score (nSPS) is 19.9. The van der Waals surface area contributed by atoms with Gasteiger partial charge in [-0.1, -0.05) is 60.2 Å². The van der Waals surface area contributed by atoms with Crippen molar-refractivity contribution < 1.29 is 9.53 Å². The van der Waals surface area contributed by atoms with Crippen LogP contribution in [0.2, 0.25) is 0 Å². The smallest absolute Gasteiger partial charge is 0.163 e. The lowest BCUT2D eigenvalue weighted by molar-refractivity contribution is -0.116. The number of Topliss-reactive ketones (excluding diaryl/α,β-unsaturated/α-hetero) is 1. The largest absolute Gasteiger partial charge is 0.494 e. The molecule has 1 heterocycles.